The summed E-state index contributed by atoms with van der Waals surface area (Å²) in [6.45, 7) is 2.63. The third kappa shape index (κ3) is 3.84. The van der Waals surface area contributed by atoms with Crippen LogP contribution in [0, 0.1) is 5.82 Å². The molecule has 0 saturated carbocycles. The smallest absolute Gasteiger partial charge is 0.271 e. The predicted octanol–water partition coefficient (Wildman–Crippen LogP) is 4.58. The molecule has 0 saturated heterocycles. The fourth-order valence-corrected chi connectivity index (χ4v) is 5.33. The first kappa shape index (κ1) is 22.2. The van der Waals surface area contributed by atoms with E-state index < -0.39 is 5.54 Å². The number of nitrogens with one attached hydrogen (secondary N) is 1. The zero-order valence-electron chi connectivity index (χ0n) is 18.9. The van der Waals surface area contributed by atoms with E-state index in [0.717, 1.165) is 21.3 Å². The Kier molecular flexibility index (Phi) is 5.61. The van der Waals surface area contributed by atoms with Gasteiger partial charge in [0.2, 0.25) is 5.91 Å². The summed E-state index contributed by atoms with van der Waals surface area (Å²) in [4.78, 5) is 30.0. The minimum atomic E-state index is -1.14. The maximum absolute atomic E-state index is 13.7. The molecule has 174 valence electrons. The van der Waals surface area contributed by atoms with E-state index in [1.807, 2.05) is 46.3 Å². The fourth-order valence-electron chi connectivity index (χ4n) is 4.43. The lowest BCUT2D eigenvalue weighted by atomic mass is 9.93. The summed E-state index contributed by atoms with van der Waals surface area (Å²) >= 11 is 1.55. The van der Waals surface area contributed by atoms with Gasteiger partial charge in [0.25, 0.3) is 5.91 Å². The van der Waals surface area contributed by atoms with Crippen LogP contribution in [0.2, 0.25) is 0 Å². The first-order valence-corrected chi connectivity index (χ1v) is 11.8. The van der Waals surface area contributed by atoms with Gasteiger partial charge in [0, 0.05) is 18.5 Å². The van der Waals surface area contributed by atoms with Crippen molar-refractivity contribution < 1.29 is 18.7 Å². The van der Waals surface area contributed by atoms with Crippen LogP contribution < -0.4 is 10.1 Å². The predicted molar refractivity (Wildman–Crippen MR) is 129 cm³/mol. The van der Waals surface area contributed by atoms with Crippen molar-refractivity contribution in [3.05, 3.63) is 88.7 Å². The molecule has 1 N–H and O–H groups in total. The Hall–Kier alpha value is -3.65. The van der Waals surface area contributed by atoms with Crippen LogP contribution in [0.1, 0.15) is 28.5 Å². The zero-order valence-corrected chi connectivity index (χ0v) is 19.7. The number of carbonyl (C=O) groups is 2. The maximum Gasteiger partial charge on any atom is 0.271 e. The molecule has 34 heavy (non-hydrogen) atoms. The van der Waals surface area contributed by atoms with Crippen molar-refractivity contribution in [1.29, 1.82) is 0 Å². The molecule has 0 fully saturated rings. The summed E-state index contributed by atoms with van der Waals surface area (Å²) in [5, 5.41) is 5.94. The van der Waals surface area contributed by atoms with Crippen molar-refractivity contribution >= 4 is 33.4 Å². The normalized spacial score (nSPS) is 17.6. The lowest BCUT2D eigenvalue weighted by molar-refractivity contribution is -0.133. The van der Waals surface area contributed by atoms with E-state index >= 15 is 0 Å². The second-order valence-corrected chi connectivity index (χ2v) is 9.52. The average molecular weight is 478 g/mol. The highest BCUT2D eigenvalue weighted by Gasteiger charge is 2.47. The number of hydrogen-bond acceptors (Lipinski definition) is 4. The quantitative estimate of drug-likeness (QED) is 0.442. The summed E-state index contributed by atoms with van der Waals surface area (Å²) in [5.41, 5.74) is 1.09. The number of fused-ring (bicyclic) bond motifs is 3. The molecule has 3 heterocycles. The maximum atomic E-state index is 13.7. The van der Waals surface area contributed by atoms with E-state index in [9.17, 15) is 14.0 Å². The lowest BCUT2D eigenvalue weighted by Gasteiger charge is -2.44. The van der Waals surface area contributed by atoms with Gasteiger partial charge in [0.15, 0.2) is 0 Å². The standard InChI is InChI=1S/C26H24FN3O3S/c1-26(25(32)28-14-17-6-8-20(27)9-7-17)16-29-22(13-19-10-11-34-24(19)29)23(31)30(26)15-18-4-3-5-21(12-18)33-2/h3-13H,14-16H2,1-2H3,(H,28,32)/t26-/m1/s1. The number of rotatable bonds is 6. The van der Waals surface area contributed by atoms with E-state index in [0.29, 0.717) is 18.0 Å². The SMILES string of the molecule is COc1cccc(CN2C(=O)c3cc4ccsc4n3C[C@]2(C)C(=O)NCc2ccc(F)cc2)c1. The highest BCUT2D eigenvalue weighted by molar-refractivity contribution is 7.16. The lowest BCUT2D eigenvalue weighted by Crippen LogP contribution is -2.63. The van der Waals surface area contributed by atoms with Crippen LogP contribution >= 0.6 is 11.3 Å². The Morgan fingerprint density at radius 2 is 1.94 bits per heavy atom. The molecule has 6 nitrogen and oxygen atoms in total. The zero-order chi connectivity index (χ0) is 23.9. The highest BCUT2D eigenvalue weighted by Crippen LogP contribution is 2.35. The Morgan fingerprint density at radius 3 is 2.71 bits per heavy atom. The van der Waals surface area contributed by atoms with Crippen molar-refractivity contribution in [2.75, 3.05) is 7.11 Å². The first-order valence-electron chi connectivity index (χ1n) is 10.9. The molecule has 2 amide bonds. The van der Waals surface area contributed by atoms with Crippen LogP contribution in [0.15, 0.2) is 66.0 Å². The van der Waals surface area contributed by atoms with Crippen molar-refractivity contribution in [3.8, 4) is 5.75 Å². The number of amides is 2. The Morgan fingerprint density at radius 1 is 1.15 bits per heavy atom. The van der Waals surface area contributed by atoms with E-state index in [2.05, 4.69) is 5.32 Å². The summed E-state index contributed by atoms with van der Waals surface area (Å²) in [6.07, 6.45) is 0. The van der Waals surface area contributed by atoms with Gasteiger partial charge in [-0.05, 0) is 59.8 Å². The number of halogens is 1. The fraction of sp³-hybridized carbons (Fsp3) is 0.231. The van der Waals surface area contributed by atoms with Gasteiger partial charge in [-0.2, -0.15) is 0 Å². The van der Waals surface area contributed by atoms with Gasteiger partial charge < -0.3 is 19.5 Å². The summed E-state index contributed by atoms with van der Waals surface area (Å²) in [7, 11) is 1.60. The van der Waals surface area contributed by atoms with Gasteiger partial charge in [-0.25, -0.2) is 4.39 Å². The Balaban J connectivity index is 1.50. The number of methoxy groups -OCH3 is 1. The molecule has 0 bridgehead atoms. The third-order valence-corrected chi connectivity index (χ3v) is 7.31. The molecule has 2 aromatic carbocycles. The molecule has 8 heteroatoms. The molecule has 1 aliphatic heterocycles. The Labute approximate surface area is 200 Å². The van der Waals surface area contributed by atoms with Crippen molar-refractivity contribution in [2.24, 2.45) is 0 Å². The van der Waals surface area contributed by atoms with Gasteiger partial charge in [-0.1, -0.05) is 24.3 Å². The van der Waals surface area contributed by atoms with E-state index in [1.165, 1.54) is 12.1 Å². The summed E-state index contributed by atoms with van der Waals surface area (Å²) in [6, 6.07) is 17.4. The second-order valence-electron chi connectivity index (χ2n) is 8.62. The van der Waals surface area contributed by atoms with Gasteiger partial charge in [-0.15, -0.1) is 11.3 Å². The number of benzene rings is 2. The molecule has 5 rings (SSSR count). The van der Waals surface area contributed by atoms with Crippen LogP contribution in [0.4, 0.5) is 4.39 Å². The summed E-state index contributed by atoms with van der Waals surface area (Å²) < 4.78 is 20.5. The number of carbonyl (C=O) groups excluding carboxylic acids is 2. The number of nitrogens with zero attached hydrogens (tertiary/aromatic N) is 2. The van der Waals surface area contributed by atoms with Crippen LogP contribution in [-0.4, -0.2) is 33.9 Å². The van der Waals surface area contributed by atoms with Crippen LogP contribution in [0.25, 0.3) is 10.2 Å². The van der Waals surface area contributed by atoms with Gasteiger partial charge in [0.1, 0.15) is 27.6 Å². The second kappa shape index (κ2) is 8.61. The topological polar surface area (TPSA) is 63.6 Å². The van der Waals surface area contributed by atoms with E-state index in [4.69, 9.17) is 4.74 Å². The first-order chi connectivity index (χ1) is 16.4. The monoisotopic (exact) mass is 477 g/mol. The number of aromatic nitrogens is 1. The number of ether oxygens (including phenoxy) is 1. The molecular weight excluding hydrogens is 453 g/mol. The Bertz CT molecular complexity index is 1380. The third-order valence-electron chi connectivity index (χ3n) is 6.36. The van der Waals surface area contributed by atoms with Crippen LogP contribution in [-0.2, 0) is 24.4 Å². The number of hydrogen-bond donors (Lipinski definition) is 1. The van der Waals surface area contributed by atoms with Gasteiger partial charge in [0.05, 0.1) is 13.7 Å². The van der Waals surface area contributed by atoms with Crippen LogP contribution in [0.3, 0.4) is 0 Å². The van der Waals surface area contributed by atoms with Crippen LogP contribution in [0.5, 0.6) is 5.75 Å². The van der Waals surface area contributed by atoms with Gasteiger partial charge >= 0.3 is 0 Å². The largest absolute Gasteiger partial charge is 0.497 e. The molecule has 0 unspecified atom stereocenters. The van der Waals surface area contributed by atoms with Crippen molar-refractivity contribution in [1.82, 2.24) is 14.8 Å². The molecule has 1 atom stereocenters. The number of thiophene rings is 1. The van der Waals surface area contributed by atoms with E-state index in [-0.39, 0.29) is 30.7 Å². The molecule has 4 aromatic rings. The minimum absolute atomic E-state index is 0.197. The summed E-state index contributed by atoms with van der Waals surface area (Å²) in [5.74, 6) is -0.105. The highest BCUT2D eigenvalue weighted by atomic mass is 32.1. The van der Waals surface area contributed by atoms with Crippen molar-refractivity contribution in [2.45, 2.75) is 32.1 Å². The van der Waals surface area contributed by atoms with E-state index in [1.54, 1.807) is 42.4 Å². The molecular formula is C26H24FN3O3S. The molecule has 2 aromatic heterocycles. The minimum Gasteiger partial charge on any atom is -0.497 e. The van der Waals surface area contributed by atoms with Crippen molar-refractivity contribution in [3.63, 3.8) is 0 Å². The molecule has 0 spiro atoms. The molecule has 0 radical (unpaired) electrons. The average Bonchev–Trinajstić information content (AvgIpc) is 3.44. The molecule has 1 aliphatic rings. The van der Waals surface area contributed by atoms with Gasteiger partial charge in [-0.3, -0.25) is 9.59 Å². The molecule has 0 aliphatic carbocycles.